The van der Waals surface area contributed by atoms with Crippen molar-refractivity contribution in [3.8, 4) is 0 Å². The maximum absolute atomic E-state index is 4.36. The van der Waals surface area contributed by atoms with E-state index < -0.39 is 0 Å². The van der Waals surface area contributed by atoms with Crippen LogP contribution in [-0.2, 0) is 6.42 Å². The van der Waals surface area contributed by atoms with Gasteiger partial charge in [-0.1, -0.05) is 13.0 Å². The zero-order valence-corrected chi connectivity index (χ0v) is 12.3. The third-order valence-corrected chi connectivity index (χ3v) is 4.36. The number of rotatable bonds is 6. The van der Waals surface area contributed by atoms with E-state index in [0.717, 1.165) is 18.9 Å². The average Bonchev–Trinajstić information content (AvgIpc) is 2.48. The van der Waals surface area contributed by atoms with Gasteiger partial charge in [0.1, 0.15) is 0 Å². The Labute approximate surface area is 117 Å². The smallest absolute Gasteiger partial charge is 0.0416 e. The second-order valence-corrected chi connectivity index (χ2v) is 5.59. The highest BCUT2D eigenvalue weighted by molar-refractivity contribution is 5.03. The lowest BCUT2D eigenvalue weighted by molar-refractivity contribution is 0.169. The molecular formula is C16H27N3. The van der Waals surface area contributed by atoms with Crippen LogP contribution < -0.4 is 5.32 Å². The summed E-state index contributed by atoms with van der Waals surface area (Å²) < 4.78 is 0. The SMILES string of the molecule is CCN1CCC(C(C)NCCc2ccccn2)CC1. The first-order valence-electron chi connectivity index (χ1n) is 7.65. The van der Waals surface area contributed by atoms with Crippen LogP contribution in [0.2, 0.25) is 0 Å². The predicted octanol–water partition coefficient (Wildman–Crippen LogP) is 2.33. The van der Waals surface area contributed by atoms with Crippen LogP contribution in [0.5, 0.6) is 0 Å². The lowest BCUT2D eigenvalue weighted by Crippen LogP contribution is -2.42. The van der Waals surface area contributed by atoms with Crippen LogP contribution in [0.1, 0.15) is 32.4 Å². The van der Waals surface area contributed by atoms with Crippen LogP contribution in [0.25, 0.3) is 0 Å². The molecule has 1 aliphatic rings. The summed E-state index contributed by atoms with van der Waals surface area (Å²) in [6.45, 7) is 9.38. The van der Waals surface area contributed by atoms with Gasteiger partial charge in [0.25, 0.3) is 0 Å². The van der Waals surface area contributed by atoms with Gasteiger partial charge in [-0.15, -0.1) is 0 Å². The van der Waals surface area contributed by atoms with Gasteiger partial charge < -0.3 is 10.2 Å². The number of hydrogen-bond donors (Lipinski definition) is 1. The molecule has 1 atom stereocenters. The zero-order chi connectivity index (χ0) is 13.5. The molecule has 0 aromatic carbocycles. The van der Waals surface area contributed by atoms with Gasteiger partial charge in [0.2, 0.25) is 0 Å². The Morgan fingerprint density at radius 1 is 1.37 bits per heavy atom. The molecule has 1 aromatic heterocycles. The molecule has 19 heavy (non-hydrogen) atoms. The third-order valence-electron chi connectivity index (χ3n) is 4.36. The molecule has 1 aromatic rings. The van der Waals surface area contributed by atoms with E-state index in [4.69, 9.17) is 0 Å². The summed E-state index contributed by atoms with van der Waals surface area (Å²) in [6, 6.07) is 6.77. The zero-order valence-electron chi connectivity index (χ0n) is 12.3. The topological polar surface area (TPSA) is 28.2 Å². The summed E-state index contributed by atoms with van der Waals surface area (Å²) in [4.78, 5) is 6.92. The molecule has 0 aliphatic carbocycles. The first-order chi connectivity index (χ1) is 9.29. The fourth-order valence-corrected chi connectivity index (χ4v) is 2.91. The number of nitrogens with one attached hydrogen (secondary N) is 1. The molecular weight excluding hydrogens is 234 g/mol. The fraction of sp³-hybridized carbons (Fsp3) is 0.688. The number of likely N-dealkylation sites (tertiary alicyclic amines) is 1. The number of aromatic nitrogens is 1. The van der Waals surface area contributed by atoms with E-state index >= 15 is 0 Å². The summed E-state index contributed by atoms with van der Waals surface area (Å²) in [5.41, 5.74) is 1.18. The van der Waals surface area contributed by atoms with Gasteiger partial charge in [-0.2, -0.15) is 0 Å². The van der Waals surface area contributed by atoms with Crippen LogP contribution in [0.15, 0.2) is 24.4 Å². The van der Waals surface area contributed by atoms with Gasteiger partial charge >= 0.3 is 0 Å². The molecule has 106 valence electrons. The molecule has 0 saturated carbocycles. The third kappa shape index (κ3) is 4.59. The molecule has 3 heteroatoms. The Morgan fingerprint density at radius 3 is 2.79 bits per heavy atom. The van der Waals surface area contributed by atoms with Gasteiger partial charge in [-0.05, 0) is 57.5 Å². The van der Waals surface area contributed by atoms with Gasteiger partial charge in [0, 0.05) is 30.9 Å². The van der Waals surface area contributed by atoms with Gasteiger partial charge in [0.15, 0.2) is 0 Å². The molecule has 1 unspecified atom stereocenters. The molecule has 1 N–H and O–H groups in total. The van der Waals surface area contributed by atoms with Crippen molar-refractivity contribution < 1.29 is 0 Å². The van der Waals surface area contributed by atoms with E-state index in [1.54, 1.807) is 0 Å². The molecule has 0 spiro atoms. The molecule has 1 aliphatic heterocycles. The van der Waals surface area contributed by atoms with Gasteiger partial charge in [0.05, 0.1) is 0 Å². The second-order valence-electron chi connectivity index (χ2n) is 5.59. The number of piperidine rings is 1. The Morgan fingerprint density at radius 2 is 2.16 bits per heavy atom. The van der Waals surface area contributed by atoms with Gasteiger partial charge in [-0.25, -0.2) is 0 Å². The Balaban J connectivity index is 1.66. The summed E-state index contributed by atoms with van der Waals surface area (Å²) in [6.07, 6.45) is 5.58. The highest BCUT2D eigenvalue weighted by atomic mass is 15.1. The van der Waals surface area contributed by atoms with Crippen molar-refractivity contribution in [3.05, 3.63) is 30.1 Å². The van der Waals surface area contributed by atoms with Crippen molar-refractivity contribution in [1.82, 2.24) is 15.2 Å². The minimum absolute atomic E-state index is 0.628. The van der Waals surface area contributed by atoms with Crippen LogP contribution >= 0.6 is 0 Å². The number of pyridine rings is 1. The highest BCUT2D eigenvalue weighted by Gasteiger charge is 2.22. The molecule has 2 heterocycles. The minimum Gasteiger partial charge on any atom is -0.314 e. The maximum atomic E-state index is 4.36. The predicted molar refractivity (Wildman–Crippen MR) is 80.2 cm³/mol. The number of hydrogen-bond acceptors (Lipinski definition) is 3. The van der Waals surface area contributed by atoms with Crippen LogP contribution in [0, 0.1) is 5.92 Å². The molecule has 1 fully saturated rings. The molecule has 2 rings (SSSR count). The van der Waals surface area contributed by atoms with Crippen molar-refractivity contribution >= 4 is 0 Å². The van der Waals surface area contributed by atoms with E-state index in [9.17, 15) is 0 Å². The molecule has 0 amide bonds. The monoisotopic (exact) mass is 261 g/mol. The van der Waals surface area contributed by atoms with Gasteiger partial charge in [-0.3, -0.25) is 4.98 Å². The van der Waals surface area contributed by atoms with E-state index in [1.165, 1.54) is 38.2 Å². The quantitative estimate of drug-likeness (QED) is 0.852. The van der Waals surface area contributed by atoms with Crippen LogP contribution in [0.4, 0.5) is 0 Å². The molecule has 0 radical (unpaired) electrons. The minimum atomic E-state index is 0.628. The van der Waals surface area contributed by atoms with E-state index in [1.807, 2.05) is 12.3 Å². The fourth-order valence-electron chi connectivity index (χ4n) is 2.91. The van der Waals surface area contributed by atoms with E-state index in [2.05, 4.69) is 41.2 Å². The molecule has 3 nitrogen and oxygen atoms in total. The Kier molecular flexibility index (Phi) is 5.80. The summed E-state index contributed by atoms with van der Waals surface area (Å²) in [7, 11) is 0. The normalized spacial score (nSPS) is 19.5. The Bertz CT molecular complexity index is 344. The highest BCUT2D eigenvalue weighted by Crippen LogP contribution is 2.20. The standard InChI is InChI=1S/C16H27N3/c1-3-19-12-8-15(9-13-19)14(2)17-11-7-16-6-4-5-10-18-16/h4-6,10,14-15,17H,3,7-9,11-13H2,1-2H3. The summed E-state index contributed by atoms with van der Waals surface area (Å²) in [5.74, 6) is 0.839. The van der Waals surface area contributed by atoms with E-state index in [0.29, 0.717) is 6.04 Å². The van der Waals surface area contributed by atoms with Crippen molar-refractivity contribution in [2.45, 2.75) is 39.2 Å². The van der Waals surface area contributed by atoms with Crippen molar-refractivity contribution in [3.63, 3.8) is 0 Å². The van der Waals surface area contributed by atoms with Crippen molar-refractivity contribution in [2.24, 2.45) is 5.92 Å². The average molecular weight is 261 g/mol. The summed E-state index contributed by atoms with van der Waals surface area (Å²) >= 11 is 0. The van der Waals surface area contributed by atoms with Crippen molar-refractivity contribution in [2.75, 3.05) is 26.2 Å². The first kappa shape index (κ1) is 14.5. The second kappa shape index (κ2) is 7.61. The lowest BCUT2D eigenvalue weighted by Gasteiger charge is -2.34. The maximum Gasteiger partial charge on any atom is 0.0416 e. The number of nitrogens with zero attached hydrogens (tertiary/aromatic N) is 2. The van der Waals surface area contributed by atoms with Crippen LogP contribution in [0.3, 0.4) is 0 Å². The van der Waals surface area contributed by atoms with Crippen molar-refractivity contribution in [1.29, 1.82) is 0 Å². The molecule has 1 saturated heterocycles. The van der Waals surface area contributed by atoms with Crippen LogP contribution in [-0.4, -0.2) is 42.1 Å². The first-order valence-corrected chi connectivity index (χ1v) is 7.65. The van der Waals surface area contributed by atoms with E-state index in [-0.39, 0.29) is 0 Å². The lowest BCUT2D eigenvalue weighted by atomic mass is 9.90. The Hall–Kier alpha value is -0.930. The molecule has 0 bridgehead atoms. The summed E-state index contributed by atoms with van der Waals surface area (Å²) in [5, 5.41) is 3.68. The largest absolute Gasteiger partial charge is 0.314 e.